The molecule has 0 heterocycles. The van der Waals surface area contributed by atoms with Gasteiger partial charge < -0.3 is 14.5 Å². The highest BCUT2D eigenvalue weighted by Gasteiger charge is 2.10. The molecule has 2 N–H and O–H groups in total. The second-order valence-corrected chi connectivity index (χ2v) is 5.95. The summed E-state index contributed by atoms with van der Waals surface area (Å²) in [6, 6.07) is 0. The molecule has 2 unspecified atom stereocenters. The summed E-state index contributed by atoms with van der Waals surface area (Å²) in [4.78, 5) is 8.44. The lowest BCUT2D eigenvalue weighted by Gasteiger charge is -2.10. The van der Waals surface area contributed by atoms with Gasteiger partial charge in [-0.3, -0.25) is 4.57 Å². The number of aliphatic hydroxyl groups excluding tert-OH is 1. The van der Waals surface area contributed by atoms with E-state index < -0.39 is 16.5 Å². The minimum atomic E-state index is -3.28. The van der Waals surface area contributed by atoms with Crippen molar-refractivity contribution in [1.29, 1.82) is 0 Å². The molecule has 0 aromatic rings. The monoisotopic (exact) mass is 300 g/mol. The molecule has 0 aromatic carbocycles. The molecule has 0 aliphatic heterocycles. The largest absolute Gasteiger partial charge is 0.509 e. The van der Waals surface area contributed by atoms with Gasteiger partial charge in [-0.25, -0.2) is 8.88 Å². The smallest absolute Gasteiger partial charge is 0.374 e. The molecule has 0 aliphatic rings. The van der Waals surface area contributed by atoms with Crippen LogP contribution in [0, 0.1) is 0 Å². The maximum Gasteiger partial charge on any atom is 0.374 e. The standard InChI is InChI=1S/C10H22O6P2/c1-3-4-5-6-7-8-10(9(2)11)15-18(14)16-17(12)13/h11,17-18H,3-8H2,1-2H3,(H,12,13). The van der Waals surface area contributed by atoms with Gasteiger partial charge in [-0.15, -0.1) is 0 Å². The van der Waals surface area contributed by atoms with Gasteiger partial charge >= 0.3 is 16.5 Å². The van der Waals surface area contributed by atoms with Crippen LogP contribution in [0.15, 0.2) is 11.5 Å². The fourth-order valence-electron chi connectivity index (χ4n) is 1.39. The van der Waals surface area contributed by atoms with E-state index in [0.29, 0.717) is 6.42 Å². The van der Waals surface area contributed by atoms with Gasteiger partial charge in [-0.05, 0) is 13.3 Å². The Bertz CT molecular complexity index is 311. The van der Waals surface area contributed by atoms with Gasteiger partial charge in [0, 0.05) is 6.42 Å². The number of hydrogen-bond donors (Lipinski definition) is 2. The van der Waals surface area contributed by atoms with Crippen LogP contribution in [0.2, 0.25) is 0 Å². The van der Waals surface area contributed by atoms with E-state index in [0.717, 1.165) is 32.1 Å². The minimum Gasteiger partial charge on any atom is -0.509 e. The predicted octanol–water partition coefficient (Wildman–Crippen LogP) is 3.94. The average Bonchev–Trinajstić information content (AvgIpc) is 2.25. The van der Waals surface area contributed by atoms with Crippen molar-refractivity contribution in [3.05, 3.63) is 11.5 Å². The van der Waals surface area contributed by atoms with Crippen LogP contribution in [0.4, 0.5) is 0 Å². The molecule has 0 amide bonds. The van der Waals surface area contributed by atoms with Crippen molar-refractivity contribution in [2.75, 3.05) is 0 Å². The van der Waals surface area contributed by atoms with Gasteiger partial charge in [0.1, 0.15) is 11.5 Å². The molecule has 0 aliphatic carbocycles. The van der Waals surface area contributed by atoms with Gasteiger partial charge in [0.15, 0.2) is 0 Å². The molecule has 0 fully saturated rings. The van der Waals surface area contributed by atoms with Crippen LogP contribution in [-0.4, -0.2) is 10.00 Å². The Morgan fingerprint density at radius 3 is 2.28 bits per heavy atom. The first kappa shape index (κ1) is 17.7. The molecular formula is C10H22O6P2. The number of unbranched alkanes of at least 4 members (excludes halogenated alkanes) is 4. The van der Waals surface area contributed by atoms with Crippen molar-refractivity contribution in [2.24, 2.45) is 0 Å². The zero-order valence-electron chi connectivity index (χ0n) is 10.8. The van der Waals surface area contributed by atoms with Crippen LogP contribution >= 0.6 is 16.5 Å². The van der Waals surface area contributed by atoms with E-state index in [1.165, 1.54) is 6.92 Å². The maximum atomic E-state index is 11.2. The molecule has 0 spiro atoms. The number of rotatable bonds is 10. The van der Waals surface area contributed by atoms with Gasteiger partial charge in [0.05, 0.1) is 0 Å². The van der Waals surface area contributed by atoms with E-state index in [-0.39, 0.29) is 11.5 Å². The molecule has 0 radical (unpaired) electrons. The molecule has 0 saturated carbocycles. The number of aliphatic hydroxyl groups is 1. The van der Waals surface area contributed by atoms with Crippen molar-refractivity contribution >= 4 is 16.5 Å². The van der Waals surface area contributed by atoms with E-state index >= 15 is 0 Å². The first-order chi connectivity index (χ1) is 8.47. The third-order valence-corrected chi connectivity index (χ3v) is 4.07. The second-order valence-electron chi connectivity index (χ2n) is 3.89. The quantitative estimate of drug-likeness (QED) is 0.360. The molecular weight excluding hydrogens is 278 g/mol. The highest BCUT2D eigenvalue weighted by Crippen LogP contribution is 2.39. The van der Waals surface area contributed by atoms with E-state index in [1.54, 1.807) is 0 Å². The lowest BCUT2D eigenvalue weighted by molar-refractivity contribution is 0.294. The van der Waals surface area contributed by atoms with Gasteiger partial charge in [0.25, 0.3) is 0 Å². The van der Waals surface area contributed by atoms with E-state index in [2.05, 4.69) is 11.2 Å². The van der Waals surface area contributed by atoms with Crippen molar-refractivity contribution < 1.29 is 28.0 Å². The van der Waals surface area contributed by atoms with E-state index in [1.807, 2.05) is 0 Å². The molecule has 0 aromatic heterocycles. The zero-order chi connectivity index (χ0) is 14.0. The predicted molar refractivity (Wildman–Crippen MR) is 71.1 cm³/mol. The summed E-state index contributed by atoms with van der Waals surface area (Å²) >= 11 is 0. The fraction of sp³-hybridized carbons (Fsp3) is 0.800. The van der Waals surface area contributed by atoms with E-state index in [4.69, 9.17) is 9.42 Å². The highest BCUT2D eigenvalue weighted by atomic mass is 31.2. The summed E-state index contributed by atoms with van der Waals surface area (Å²) < 4.78 is 30.5. The minimum absolute atomic E-state index is 0.0787. The third kappa shape index (κ3) is 9.72. The zero-order valence-corrected chi connectivity index (χ0v) is 12.8. The molecule has 18 heavy (non-hydrogen) atoms. The van der Waals surface area contributed by atoms with Gasteiger partial charge in [-0.2, -0.15) is 0 Å². The SMILES string of the molecule is CCCCCCCC(O[PH](=O)O[PH](=O)O)=C(C)O. The van der Waals surface area contributed by atoms with Crippen LogP contribution in [0.1, 0.15) is 52.4 Å². The Kier molecular flexibility index (Phi) is 10.5. The molecule has 108 valence electrons. The lowest BCUT2D eigenvalue weighted by Crippen LogP contribution is -1.92. The fourth-order valence-corrected chi connectivity index (χ4v) is 2.58. The molecule has 0 bridgehead atoms. The average molecular weight is 300 g/mol. The maximum absolute atomic E-state index is 11.2. The number of allylic oxidation sites excluding steroid dienone is 2. The van der Waals surface area contributed by atoms with Gasteiger partial charge in [0.2, 0.25) is 0 Å². The summed E-state index contributed by atoms with van der Waals surface area (Å²) in [5, 5.41) is 9.34. The summed E-state index contributed by atoms with van der Waals surface area (Å²) in [5.74, 6) is 0.0867. The summed E-state index contributed by atoms with van der Waals surface area (Å²) in [7, 11) is -6.35. The Hall–Kier alpha value is -0.280. The topological polar surface area (TPSA) is 93.1 Å². The lowest BCUT2D eigenvalue weighted by atomic mass is 10.1. The molecule has 0 saturated heterocycles. The first-order valence-electron chi connectivity index (χ1n) is 5.98. The summed E-state index contributed by atoms with van der Waals surface area (Å²) in [6.45, 7) is 3.53. The van der Waals surface area contributed by atoms with Crippen molar-refractivity contribution in [3.8, 4) is 0 Å². The molecule has 8 heteroatoms. The van der Waals surface area contributed by atoms with Crippen molar-refractivity contribution in [2.45, 2.75) is 52.4 Å². The number of hydrogen-bond acceptors (Lipinski definition) is 5. The molecule has 6 nitrogen and oxygen atoms in total. The molecule has 2 atom stereocenters. The Morgan fingerprint density at radius 1 is 1.17 bits per heavy atom. The summed E-state index contributed by atoms with van der Waals surface area (Å²) in [5.41, 5.74) is 0. The molecule has 0 rings (SSSR count). The summed E-state index contributed by atoms with van der Waals surface area (Å²) in [6.07, 6.45) is 5.64. The van der Waals surface area contributed by atoms with Crippen LogP contribution in [0.5, 0.6) is 0 Å². The van der Waals surface area contributed by atoms with E-state index in [9.17, 15) is 14.2 Å². The Labute approximate surface area is 109 Å². The highest BCUT2D eigenvalue weighted by molar-refractivity contribution is 7.47. The third-order valence-electron chi connectivity index (χ3n) is 2.29. The Balaban J connectivity index is 4.06. The van der Waals surface area contributed by atoms with Crippen LogP contribution in [-0.2, 0) is 18.0 Å². The van der Waals surface area contributed by atoms with Gasteiger partial charge in [-0.1, -0.05) is 32.6 Å². The van der Waals surface area contributed by atoms with Crippen LogP contribution in [0.3, 0.4) is 0 Å². The van der Waals surface area contributed by atoms with Crippen LogP contribution < -0.4 is 0 Å². The Morgan fingerprint density at radius 2 is 1.78 bits per heavy atom. The van der Waals surface area contributed by atoms with Crippen molar-refractivity contribution in [3.63, 3.8) is 0 Å². The van der Waals surface area contributed by atoms with Crippen molar-refractivity contribution in [1.82, 2.24) is 0 Å². The first-order valence-corrected chi connectivity index (χ1v) is 8.47. The van der Waals surface area contributed by atoms with Crippen LogP contribution in [0.25, 0.3) is 0 Å². The second kappa shape index (κ2) is 10.6. The normalized spacial score (nSPS) is 15.9.